The highest BCUT2D eigenvalue weighted by Crippen LogP contribution is 2.30. The molecule has 0 radical (unpaired) electrons. The Labute approximate surface area is 102 Å². The van der Waals surface area contributed by atoms with E-state index < -0.39 is 0 Å². The molecule has 1 amide bonds. The Kier molecular flexibility index (Phi) is 4.02. The van der Waals surface area contributed by atoms with E-state index in [2.05, 4.69) is 0 Å². The minimum absolute atomic E-state index is 0.104. The summed E-state index contributed by atoms with van der Waals surface area (Å²) in [6.07, 6.45) is 5.00. The summed E-state index contributed by atoms with van der Waals surface area (Å²) in [4.78, 5) is 25.6. The van der Waals surface area contributed by atoms with Crippen molar-refractivity contribution in [3.8, 4) is 0 Å². The van der Waals surface area contributed by atoms with Crippen LogP contribution in [0.2, 0.25) is 0 Å². The lowest BCUT2D eigenvalue weighted by atomic mass is 9.83. The van der Waals surface area contributed by atoms with Crippen LogP contribution in [0, 0.1) is 11.8 Å². The molecule has 2 fully saturated rings. The first-order valence-electron chi connectivity index (χ1n) is 6.67. The van der Waals surface area contributed by atoms with E-state index in [9.17, 15) is 9.59 Å². The van der Waals surface area contributed by atoms with Gasteiger partial charge in [-0.1, -0.05) is 6.42 Å². The van der Waals surface area contributed by atoms with E-state index in [1.54, 1.807) is 0 Å². The Morgan fingerprint density at radius 2 is 1.88 bits per heavy atom. The molecule has 1 heterocycles. The monoisotopic (exact) mass is 239 g/mol. The molecule has 0 aromatic rings. The Bertz CT molecular complexity index is 299. The van der Waals surface area contributed by atoms with Crippen LogP contribution >= 0.6 is 0 Å². The summed E-state index contributed by atoms with van der Waals surface area (Å²) >= 11 is 0. The molecule has 1 atom stereocenters. The molecule has 0 bridgehead atoms. The Morgan fingerprint density at radius 3 is 2.47 bits per heavy atom. The summed E-state index contributed by atoms with van der Waals surface area (Å²) < 4.78 is 5.03. The number of amides is 1. The molecule has 96 valence electrons. The van der Waals surface area contributed by atoms with E-state index in [1.807, 2.05) is 11.8 Å². The molecular weight excluding hydrogens is 218 g/mol. The molecule has 2 rings (SSSR count). The summed E-state index contributed by atoms with van der Waals surface area (Å²) in [5, 5.41) is 0. The zero-order valence-corrected chi connectivity index (χ0v) is 10.5. The highest BCUT2D eigenvalue weighted by molar-refractivity contribution is 5.81. The van der Waals surface area contributed by atoms with E-state index in [1.165, 1.54) is 6.42 Å². The topological polar surface area (TPSA) is 46.6 Å². The van der Waals surface area contributed by atoms with E-state index in [4.69, 9.17) is 4.74 Å². The molecule has 1 saturated heterocycles. The van der Waals surface area contributed by atoms with Gasteiger partial charge in [0, 0.05) is 19.0 Å². The average Bonchev–Trinajstić information content (AvgIpc) is 2.27. The zero-order chi connectivity index (χ0) is 12.3. The highest BCUT2D eigenvalue weighted by atomic mass is 16.5. The molecule has 4 nitrogen and oxygen atoms in total. The quantitative estimate of drug-likeness (QED) is 0.703. The van der Waals surface area contributed by atoms with Crippen molar-refractivity contribution < 1.29 is 14.3 Å². The number of likely N-dealkylation sites (tertiary alicyclic amines) is 1. The van der Waals surface area contributed by atoms with Crippen LogP contribution in [0.15, 0.2) is 0 Å². The lowest BCUT2D eigenvalue weighted by Gasteiger charge is -2.36. The van der Waals surface area contributed by atoms with Crippen molar-refractivity contribution in [2.45, 2.75) is 39.0 Å². The predicted octanol–water partition coefficient (Wildman–Crippen LogP) is 1.59. The fourth-order valence-corrected chi connectivity index (χ4v) is 2.54. The van der Waals surface area contributed by atoms with Gasteiger partial charge in [0.2, 0.25) is 5.91 Å². The molecule has 1 saturated carbocycles. The Balaban J connectivity index is 1.87. The number of hydrogen-bond acceptors (Lipinski definition) is 3. The number of rotatable bonds is 3. The summed E-state index contributed by atoms with van der Waals surface area (Å²) in [6.45, 7) is 3.61. The third kappa shape index (κ3) is 2.79. The predicted molar refractivity (Wildman–Crippen MR) is 63.3 cm³/mol. The van der Waals surface area contributed by atoms with Crippen LogP contribution in [0.1, 0.15) is 39.0 Å². The van der Waals surface area contributed by atoms with E-state index >= 15 is 0 Å². The van der Waals surface area contributed by atoms with Crippen molar-refractivity contribution in [2.75, 3.05) is 19.7 Å². The zero-order valence-electron chi connectivity index (χ0n) is 10.5. The third-order valence-corrected chi connectivity index (χ3v) is 3.81. The Hall–Kier alpha value is -1.06. The van der Waals surface area contributed by atoms with Crippen molar-refractivity contribution >= 4 is 11.9 Å². The first-order chi connectivity index (χ1) is 8.22. The second-order valence-electron chi connectivity index (χ2n) is 5.00. The molecule has 4 heteroatoms. The number of nitrogens with zero attached hydrogens (tertiary/aromatic N) is 1. The Morgan fingerprint density at radius 1 is 1.18 bits per heavy atom. The van der Waals surface area contributed by atoms with Gasteiger partial charge in [0.25, 0.3) is 0 Å². The van der Waals surface area contributed by atoms with Crippen LogP contribution in [0.4, 0.5) is 0 Å². The van der Waals surface area contributed by atoms with Crippen LogP contribution in [0.25, 0.3) is 0 Å². The van der Waals surface area contributed by atoms with Crippen molar-refractivity contribution in [3.63, 3.8) is 0 Å². The van der Waals surface area contributed by atoms with E-state index in [-0.39, 0.29) is 23.7 Å². The molecule has 2 aliphatic rings. The van der Waals surface area contributed by atoms with Crippen LogP contribution in [0.5, 0.6) is 0 Å². The van der Waals surface area contributed by atoms with Crippen molar-refractivity contribution in [2.24, 2.45) is 11.8 Å². The smallest absolute Gasteiger partial charge is 0.310 e. The second kappa shape index (κ2) is 5.52. The fourth-order valence-electron chi connectivity index (χ4n) is 2.54. The van der Waals surface area contributed by atoms with Gasteiger partial charge in [-0.2, -0.15) is 0 Å². The van der Waals surface area contributed by atoms with Crippen LogP contribution in [-0.2, 0) is 14.3 Å². The van der Waals surface area contributed by atoms with Gasteiger partial charge < -0.3 is 9.64 Å². The highest BCUT2D eigenvalue weighted by Gasteiger charge is 2.34. The van der Waals surface area contributed by atoms with E-state index in [0.29, 0.717) is 13.2 Å². The molecule has 1 unspecified atom stereocenters. The molecule has 1 aliphatic carbocycles. The van der Waals surface area contributed by atoms with Crippen LogP contribution in [0.3, 0.4) is 0 Å². The summed E-state index contributed by atoms with van der Waals surface area (Å²) in [7, 11) is 0. The van der Waals surface area contributed by atoms with Crippen molar-refractivity contribution in [1.82, 2.24) is 4.90 Å². The molecule has 17 heavy (non-hydrogen) atoms. The standard InChI is InChI=1S/C13H21NO3/c1-2-17-13(16)11-7-4-8-14(9-11)12(15)10-5-3-6-10/h10-11H,2-9H2,1H3. The third-order valence-electron chi connectivity index (χ3n) is 3.81. The average molecular weight is 239 g/mol. The summed E-state index contributed by atoms with van der Waals surface area (Å²) in [6, 6.07) is 0. The summed E-state index contributed by atoms with van der Waals surface area (Å²) in [5.74, 6) is 0.243. The normalized spacial score (nSPS) is 25.2. The number of ether oxygens (including phenoxy) is 1. The van der Waals surface area contributed by atoms with Crippen LogP contribution < -0.4 is 0 Å². The fraction of sp³-hybridized carbons (Fsp3) is 0.846. The molecule has 0 aromatic heterocycles. The number of esters is 1. The van der Waals surface area contributed by atoms with Gasteiger partial charge in [0.05, 0.1) is 12.5 Å². The molecule has 0 spiro atoms. The van der Waals surface area contributed by atoms with Gasteiger partial charge >= 0.3 is 5.97 Å². The minimum Gasteiger partial charge on any atom is -0.466 e. The first-order valence-corrected chi connectivity index (χ1v) is 6.67. The van der Waals surface area contributed by atoms with Gasteiger partial charge in [-0.15, -0.1) is 0 Å². The largest absolute Gasteiger partial charge is 0.466 e. The first kappa shape index (κ1) is 12.4. The SMILES string of the molecule is CCOC(=O)C1CCCN(C(=O)C2CCC2)C1. The molecule has 0 aromatic carbocycles. The lowest BCUT2D eigenvalue weighted by molar-refractivity contribution is -0.152. The molecule has 0 N–H and O–H groups in total. The van der Waals surface area contributed by atoms with Gasteiger partial charge in [0.1, 0.15) is 0 Å². The van der Waals surface area contributed by atoms with Gasteiger partial charge in [-0.3, -0.25) is 9.59 Å². The number of carbonyl (C=O) groups is 2. The molecule has 1 aliphatic heterocycles. The maximum atomic E-state index is 12.1. The van der Waals surface area contributed by atoms with Crippen molar-refractivity contribution in [1.29, 1.82) is 0 Å². The van der Waals surface area contributed by atoms with Gasteiger partial charge in [-0.25, -0.2) is 0 Å². The minimum atomic E-state index is -0.140. The van der Waals surface area contributed by atoms with Gasteiger partial charge in [0.15, 0.2) is 0 Å². The second-order valence-corrected chi connectivity index (χ2v) is 5.00. The summed E-state index contributed by atoms with van der Waals surface area (Å²) in [5.41, 5.74) is 0. The van der Waals surface area contributed by atoms with Gasteiger partial charge in [-0.05, 0) is 32.6 Å². The maximum Gasteiger partial charge on any atom is 0.310 e. The van der Waals surface area contributed by atoms with Crippen LogP contribution in [-0.4, -0.2) is 36.5 Å². The van der Waals surface area contributed by atoms with E-state index in [0.717, 1.165) is 32.2 Å². The maximum absolute atomic E-state index is 12.1. The number of carbonyl (C=O) groups excluding carboxylic acids is 2. The lowest BCUT2D eigenvalue weighted by Crippen LogP contribution is -2.46. The number of piperidine rings is 1. The van der Waals surface area contributed by atoms with Crippen molar-refractivity contribution in [3.05, 3.63) is 0 Å². The number of hydrogen-bond donors (Lipinski definition) is 0. The molecular formula is C13H21NO3.